The molecule has 1 heterocycles. The normalized spacial score (nSPS) is 13.0. The molecule has 0 saturated carbocycles. The predicted molar refractivity (Wildman–Crippen MR) is 68.7 cm³/mol. The van der Waals surface area contributed by atoms with E-state index in [1.807, 2.05) is 5.43 Å². The van der Waals surface area contributed by atoms with Crippen LogP contribution in [-0.4, -0.2) is 15.7 Å². The van der Waals surface area contributed by atoms with Crippen molar-refractivity contribution in [3.05, 3.63) is 53.9 Å². The Balaban J connectivity index is 2.24. The highest BCUT2D eigenvalue weighted by molar-refractivity contribution is 5.82. The van der Waals surface area contributed by atoms with Crippen molar-refractivity contribution in [1.82, 2.24) is 15.2 Å². The molecule has 0 bridgehead atoms. The standard InChI is InChI=1S/C13H13F3N4O/c14-13(15,16)10-6-18-20(7-10)8-11(12(21)19-17)9-4-2-1-3-5-9/h1-7,11H,8,17H2,(H,19,21). The smallest absolute Gasteiger partial charge is 0.294 e. The van der Waals surface area contributed by atoms with Gasteiger partial charge in [-0.05, 0) is 5.56 Å². The fraction of sp³-hybridized carbons (Fsp3) is 0.231. The largest absolute Gasteiger partial charge is 0.419 e. The van der Waals surface area contributed by atoms with Crippen molar-refractivity contribution in [2.45, 2.75) is 18.6 Å². The van der Waals surface area contributed by atoms with Crippen LogP contribution in [0.15, 0.2) is 42.7 Å². The van der Waals surface area contributed by atoms with Crippen molar-refractivity contribution in [2.75, 3.05) is 0 Å². The van der Waals surface area contributed by atoms with E-state index in [0.29, 0.717) is 5.56 Å². The lowest BCUT2D eigenvalue weighted by Crippen LogP contribution is -2.36. The highest BCUT2D eigenvalue weighted by Gasteiger charge is 2.32. The zero-order chi connectivity index (χ0) is 15.5. The molecule has 8 heteroatoms. The van der Waals surface area contributed by atoms with E-state index in [9.17, 15) is 18.0 Å². The van der Waals surface area contributed by atoms with Crippen molar-refractivity contribution in [3.63, 3.8) is 0 Å². The van der Waals surface area contributed by atoms with Crippen LogP contribution < -0.4 is 11.3 Å². The van der Waals surface area contributed by atoms with E-state index in [0.717, 1.165) is 17.1 Å². The maximum Gasteiger partial charge on any atom is 0.419 e. The molecule has 21 heavy (non-hydrogen) atoms. The van der Waals surface area contributed by atoms with Crippen LogP contribution in [0.2, 0.25) is 0 Å². The van der Waals surface area contributed by atoms with Crippen LogP contribution in [0.3, 0.4) is 0 Å². The van der Waals surface area contributed by atoms with Gasteiger partial charge in [0.25, 0.3) is 0 Å². The number of carbonyl (C=O) groups is 1. The molecular weight excluding hydrogens is 285 g/mol. The highest BCUT2D eigenvalue weighted by atomic mass is 19.4. The van der Waals surface area contributed by atoms with Crippen LogP contribution >= 0.6 is 0 Å². The first-order valence-electron chi connectivity index (χ1n) is 6.07. The second kappa shape index (κ2) is 5.96. The van der Waals surface area contributed by atoms with Gasteiger partial charge in [0.2, 0.25) is 5.91 Å². The summed E-state index contributed by atoms with van der Waals surface area (Å²) in [5.41, 5.74) is 1.80. The molecule has 1 aromatic heterocycles. The third-order valence-electron chi connectivity index (χ3n) is 2.99. The lowest BCUT2D eigenvalue weighted by atomic mass is 9.98. The zero-order valence-electron chi connectivity index (χ0n) is 10.8. The van der Waals surface area contributed by atoms with Gasteiger partial charge in [-0.25, -0.2) is 5.84 Å². The van der Waals surface area contributed by atoms with E-state index in [2.05, 4.69) is 5.10 Å². The Morgan fingerprint density at radius 2 is 2.00 bits per heavy atom. The summed E-state index contributed by atoms with van der Waals surface area (Å²) in [5.74, 6) is 3.91. The summed E-state index contributed by atoms with van der Waals surface area (Å²) in [6, 6.07) is 8.64. The van der Waals surface area contributed by atoms with Crippen LogP contribution in [0.25, 0.3) is 0 Å². The molecule has 1 atom stereocenters. The first kappa shape index (κ1) is 15.0. The Morgan fingerprint density at radius 3 is 2.52 bits per heavy atom. The summed E-state index contributed by atoms with van der Waals surface area (Å²) in [6.07, 6.45) is -2.88. The number of rotatable bonds is 4. The van der Waals surface area contributed by atoms with Gasteiger partial charge in [-0.2, -0.15) is 18.3 Å². The molecule has 2 rings (SSSR count). The summed E-state index contributed by atoms with van der Waals surface area (Å²) in [7, 11) is 0. The molecule has 0 aliphatic heterocycles. The zero-order valence-corrected chi connectivity index (χ0v) is 10.8. The van der Waals surface area contributed by atoms with Crippen LogP contribution in [0, 0.1) is 0 Å². The molecule has 1 unspecified atom stereocenters. The summed E-state index contributed by atoms with van der Waals surface area (Å²) in [4.78, 5) is 11.8. The molecule has 0 aliphatic rings. The second-order valence-corrected chi connectivity index (χ2v) is 4.42. The summed E-state index contributed by atoms with van der Waals surface area (Å²) in [5, 5.41) is 3.64. The Bertz CT molecular complexity index is 609. The Kier molecular flexibility index (Phi) is 4.27. The van der Waals surface area contributed by atoms with E-state index in [4.69, 9.17) is 5.84 Å². The van der Waals surface area contributed by atoms with Crippen molar-refractivity contribution in [3.8, 4) is 0 Å². The van der Waals surface area contributed by atoms with Gasteiger partial charge in [0, 0.05) is 6.20 Å². The number of hydrazine groups is 1. The number of benzene rings is 1. The monoisotopic (exact) mass is 298 g/mol. The molecule has 5 nitrogen and oxygen atoms in total. The molecule has 1 aromatic carbocycles. The van der Waals surface area contributed by atoms with Gasteiger partial charge in [0.15, 0.2) is 0 Å². The van der Waals surface area contributed by atoms with Gasteiger partial charge < -0.3 is 0 Å². The van der Waals surface area contributed by atoms with Gasteiger partial charge in [0.05, 0.1) is 24.2 Å². The summed E-state index contributed by atoms with van der Waals surface area (Å²) < 4.78 is 38.7. The maximum atomic E-state index is 12.5. The first-order chi connectivity index (χ1) is 9.91. The topological polar surface area (TPSA) is 72.9 Å². The summed E-state index contributed by atoms with van der Waals surface area (Å²) >= 11 is 0. The van der Waals surface area contributed by atoms with Crippen LogP contribution in [0.5, 0.6) is 0 Å². The van der Waals surface area contributed by atoms with E-state index >= 15 is 0 Å². The molecule has 0 spiro atoms. The minimum Gasteiger partial charge on any atom is -0.294 e. The third kappa shape index (κ3) is 3.60. The highest BCUT2D eigenvalue weighted by Crippen LogP contribution is 2.29. The van der Waals surface area contributed by atoms with Crippen molar-refractivity contribution in [2.24, 2.45) is 5.84 Å². The number of alkyl halides is 3. The minimum atomic E-state index is -4.46. The van der Waals surface area contributed by atoms with Crippen molar-refractivity contribution < 1.29 is 18.0 Å². The minimum absolute atomic E-state index is 0.0386. The Hall–Kier alpha value is -2.35. The van der Waals surface area contributed by atoms with Crippen molar-refractivity contribution >= 4 is 5.91 Å². The number of carbonyl (C=O) groups excluding carboxylic acids is 1. The molecule has 0 fully saturated rings. The second-order valence-electron chi connectivity index (χ2n) is 4.42. The number of hydrogen-bond acceptors (Lipinski definition) is 3. The average molecular weight is 298 g/mol. The van der Waals surface area contributed by atoms with Gasteiger partial charge in [0.1, 0.15) is 0 Å². The number of halogens is 3. The lowest BCUT2D eigenvalue weighted by Gasteiger charge is -2.15. The van der Waals surface area contributed by atoms with Gasteiger partial charge in [-0.1, -0.05) is 30.3 Å². The maximum absolute atomic E-state index is 12.5. The quantitative estimate of drug-likeness (QED) is 0.512. The predicted octanol–water partition coefficient (Wildman–Crippen LogP) is 1.68. The number of nitrogens with zero attached hydrogens (tertiary/aromatic N) is 2. The number of nitrogens with two attached hydrogens (primary N) is 1. The molecular formula is C13H13F3N4O. The molecule has 2 aromatic rings. The Labute approximate surface area is 118 Å². The number of hydrogen-bond donors (Lipinski definition) is 2. The van der Waals surface area contributed by atoms with E-state index in [-0.39, 0.29) is 6.54 Å². The fourth-order valence-corrected chi connectivity index (χ4v) is 1.92. The van der Waals surface area contributed by atoms with Gasteiger partial charge in [-0.15, -0.1) is 0 Å². The molecule has 0 saturated heterocycles. The number of nitrogens with one attached hydrogen (secondary N) is 1. The molecule has 0 aliphatic carbocycles. The third-order valence-corrected chi connectivity index (χ3v) is 2.99. The fourth-order valence-electron chi connectivity index (χ4n) is 1.92. The number of amides is 1. The van der Waals surface area contributed by atoms with E-state index in [1.165, 1.54) is 0 Å². The Morgan fingerprint density at radius 1 is 1.33 bits per heavy atom. The van der Waals surface area contributed by atoms with E-state index < -0.39 is 23.6 Å². The van der Waals surface area contributed by atoms with Gasteiger partial charge >= 0.3 is 6.18 Å². The van der Waals surface area contributed by atoms with Crippen LogP contribution in [0.4, 0.5) is 13.2 Å². The van der Waals surface area contributed by atoms with Crippen LogP contribution in [0.1, 0.15) is 17.0 Å². The lowest BCUT2D eigenvalue weighted by molar-refractivity contribution is -0.137. The number of aromatic nitrogens is 2. The summed E-state index contributed by atoms with van der Waals surface area (Å²) in [6.45, 7) is -0.0386. The first-order valence-corrected chi connectivity index (χ1v) is 6.07. The molecule has 3 N–H and O–H groups in total. The molecule has 0 radical (unpaired) electrons. The molecule has 1 amide bonds. The van der Waals surface area contributed by atoms with Gasteiger partial charge in [-0.3, -0.25) is 14.9 Å². The van der Waals surface area contributed by atoms with Crippen LogP contribution in [-0.2, 0) is 17.5 Å². The molecule has 112 valence electrons. The van der Waals surface area contributed by atoms with Crippen molar-refractivity contribution in [1.29, 1.82) is 0 Å². The average Bonchev–Trinajstić information content (AvgIpc) is 2.93. The van der Waals surface area contributed by atoms with E-state index in [1.54, 1.807) is 30.3 Å². The SMILES string of the molecule is NNC(=O)C(Cn1cc(C(F)(F)F)cn1)c1ccccc1.